The molecule has 1 heterocycles. The van der Waals surface area contributed by atoms with Crippen molar-refractivity contribution in [3.05, 3.63) is 29.8 Å². The van der Waals surface area contributed by atoms with Crippen LogP contribution in [0.5, 0.6) is 0 Å². The quantitative estimate of drug-likeness (QED) is 0.770. The first-order chi connectivity index (χ1) is 9.65. The minimum atomic E-state index is 0.218. The highest BCUT2D eigenvalue weighted by Crippen LogP contribution is 2.22. The van der Waals surface area contributed by atoms with Crippen molar-refractivity contribution in [3.63, 3.8) is 0 Å². The first kappa shape index (κ1) is 15.0. The molecule has 1 aliphatic heterocycles. The second kappa shape index (κ2) is 6.89. The summed E-state index contributed by atoms with van der Waals surface area (Å²) in [6, 6.07) is 8.69. The van der Waals surface area contributed by atoms with Crippen LogP contribution in [0.25, 0.3) is 0 Å². The van der Waals surface area contributed by atoms with Crippen LogP contribution in [0.4, 0.5) is 5.69 Å². The SMILES string of the molecule is CCC(=O)c1ccc(N(C)C2CCN(CC)CC2)cc1. The third kappa shape index (κ3) is 3.40. The fraction of sp³-hybridized carbons (Fsp3) is 0.588. The third-order valence-electron chi connectivity index (χ3n) is 4.47. The highest BCUT2D eigenvalue weighted by atomic mass is 16.1. The van der Waals surface area contributed by atoms with E-state index in [9.17, 15) is 4.79 Å². The first-order valence-electron chi connectivity index (χ1n) is 7.74. The molecule has 0 radical (unpaired) electrons. The molecule has 20 heavy (non-hydrogen) atoms. The fourth-order valence-corrected chi connectivity index (χ4v) is 2.92. The largest absolute Gasteiger partial charge is 0.372 e. The summed E-state index contributed by atoms with van der Waals surface area (Å²) in [6.07, 6.45) is 3.02. The topological polar surface area (TPSA) is 23.6 Å². The van der Waals surface area contributed by atoms with Gasteiger partial charge in [0, 0.05) is 43.9 Å². The van der Waals surface area contributed by atoms with E-state index in [1.165, 1.54) is 31.6 Å². The summed E-state index contributed by atoms with van der Waals surface area (Å²) in [4.78, 5) is 16.5. The van der Waals surface area contributed by atoms with Crippen molar-refractivity contribution in [2.75, 3.05) is 31.6 Å². The van der Waals surface area contributed by atoms with E-state index in [-0.39, 0.29) is 5.78 Å². The van der Waals surface area contributed by atoms with Crippen LogP contribution in [-0.2, 0) is 0 Å². The maximum Gasteiger partial charge on any atom is 0.162 e. The van der Waals surface area contributed by atoms with Crippen LogP contribution >= 0.6 is 0 Å². The van der Waals surface area contributed by atoms with Crippen molar-refractivity contribution in [2.24, 2.45) is 0 Å². The molecule has 0 N–H and O–H groups in total. The lowest BCUT2D eigenvalue weighted by Gasteiger charge is -2.37. The number of anilines is 1. The molecule has 3 nitrogen and oxygen atoms in total. The van der Waals surface area contributed by atoms with Crippen molar-refractivity contribution < 1.29 is 4.79 Å². The van der Waals surface area contributed by atoms with E-state index in [1.807, 2.05) is 19.1 Å². The maximum atomic E-state index is 11.6. The molecule has 1 saturated heterocycles. The van der Waals surface area contributed by atoms with E-state index < -0.39 is 0 Å². The molecular formula is C17H26N2O. The fourth-order valence-electron chi connectivity index (χ4n) is 2.92. The zero-order chi connectivity index (χ0) is 14.5. The Kier molecular flexibility index (Phi) is 5.18. The summed E-state index contributed by atoms with van der Waals surface area (Å²) in [7, 11) is 2.17. The molecule has 0 aliphatic carbocycles. The Morgan fingerprint density at radius 3 is 2.30 bits per heavy atom. The van der Waals surface area contributed by atoms with Crippen molar-refractivity contribution in [1.82, 2.24) is 4.90 Å². The summed E-state index contributed by atoms with van der Waals surface area (Å²) in [5.41, 5.74) is 2.04. The summed E-state index contributed by atoms with van der Waals surface area (Å²) in [5, 5.41) is 0. The lowest BCUT2D eigenvalue weighted by molar-refractivity contribution is 0.0988. The summed E-state index contributed by atoms with van der Waals surface area (Å²) >= 11 is 0. The van der Waals surface area contributed by atoms with E-state index in [1.54, 1.807) is 0 Å². The molecule has 1 aromatic carbocycles. The van der Waals surface area contributed by atoms with Gasteiger partial charge in [0.05, 0.1) is 0 Å². The van der Waals surface area contributed by atoms with Gasteiger partial charge in [-0.1, -0.05) is 13.8 Å². The molecule has 0 bridgehead atoms. The molecule has 110 valence electrons. The van der Waals surface area contributed by atoms with Gasteiger partial charge in [0.1, 0.15) is 0 Å². The van der Waals surface area contributed by atoms with E-state index in [0.717, 1.165) is 12.1 Å². The Labute approximate surface area is 122 Å². The number of likely N-dealkylation sites (tertiary alicyclic amines) is 1. The Morgan fingerprint density at radius 2 is 1.80 bits per heavy atom. The Hall–Kier alpha value is -1.35. The van der Waals surface area contributed by atoms with Crippen LogP contribution in [0.3, 0.4) is 0 Å². The van der Waals surface area contributed by atoms with Gasteiger partial charge in [0.2, 0.25) is 0 Å². The number of nitrogens with zero attached hydrogens (tertiary/aromatic N) is 2. The molecule has 0 saturated carbocycles. The van der Waals surface area contributed by atoms with E-state index in [2.05, 4.69) is 35.9 Å². The van der Waals surface area contributed by atoms with E-state index in [4.69, 9.17) is 0 Å². The molecule has 0 atom stereocenters. The predicted molar refractivity (Wildman–Crippen MR) is 84.6 cm³/mol. The van der Waals surface area contributed by atoms with Crippen molar-refractivity contribution in [2.45, 2.75) is 39.2 Å². The second-order valence-electron chi connectivity index (χ2n) is 5.60. The van der Waals surface area contributed by atoms with Gasteiger partial charge >= 0.3 is 0 Å². The Balaban J connectivity index is 1.99. The average Bonchev–Trinajstić information content (AvgIpc) is 2.53. The molecule has 0 aromatic heterocycles. The first-order valence-corrected chi connectivity index (χ1v) is 7.74. The van der Waals surface area contributed by atoms with Gasteiger partial charge in [0.25, 0.3) is 0 Å². The second-order valence-corrected chi connectivity index (χ2v) is 5.60. The van der Waals surface area contributed by atoms with Gasteiger partial charge in [-0.15, -0.1) is 0 Å². The number of carbonyl (C=O) groups is 1. The summed E-state index contributed by atoms with van der Waals surface area (Å²) in [6.45, 7) is 7.68. The number of benzene rings is 1. The standard InChI is InChI=1S/C17H26N2O/c1-4-17(20)14-6-8-15(9-7-14)18(3)16-10-12-19(5-2)13-11-16/h6-9,16H,4-5,10-13H2,1-3H3. The van der Waals surface area contributed by atoms with Crippen LogP contribution in [0, 0.1) is 0 Å². The molecule has 1 aromatic rings. The molecule has 0 unspecified atom stereocenters. The van der Waals surface area contributed by atoms with Gasteiger partial charge in [-0.25, -0.2) is 0 Å². The summed E-state index contributed by atoms with van der Waals surface area (Å²) < 4.78 is 0. The molecule has 3 heteroatoms. The summed E-state index contributed by atoms with van der Waals surface area (Å²) in [5.74, 6) is 0.218. The van der Waals surface area contributed by atoms with Crippen LogP contribution in [0.1, 0.15) is 43.5 Å². The highest BCUT2D eigenvalue weighted by molar-refractivity contribution is 5.96. The lowest BCUT2D eigenvalue weighted by atomic mass is 10.0. The normalized spacial score (nSPS) is 17.1. The average molecular weight is 274 g/mol. The van der Waals surface area contributed by atoms with Crippen molar-refractivity contribution in [1.29, 1.82) is 0 Å². The van der Waals surface area contributed by atoms with Crippen LogP contribution in [-0.4, -0.2) is 43.4 Å². The predicted octanol–water partition coefficient (Wildman–Crippen LogP) is 3.20. The third-order valence-corrected chi connectivity index (χ3v) is 4.47. The number of ketones is 1. The monoisotopic (exact) mass is 274 g/mol. The van der Waals surface area contributed by atoms with Gasteiger partial charge in [-0.05, 0) is 43.7 Å². The number of Topliss-reactive ketones (excluding diaryl/α,β-unsaturated/α-hetero) is 1. The molecular weight excluding hydrogens is 248 g/mol. The zero-order valence-corrected chi connectivity index (χ0v) is 12.9. The number of piperidine rings is 1. The molecule has 1 fully saturated rings. The van der Waals surface area contributed by atoms with Crippen LogP contribution in [0.15, 0.2) is 24.3 Å². The smallest absolute Gasteiger partial charge is 0.162 e. The Morgan fingerprint density at radius 1 is 1.20 bits per heavy atom. The van der Waals surface area contributed by atoms with Gasteiger partial charge < -0.3 is 9.80 Å². The van der Waals surface area contributed by atoms with Crippen LogP contribution < -0.4 is 4.90 Å². The van der Waals surface area contributed by atoms with E-state index in [0.29, 0.717) is 12.5 Å². The lowest BCUT2D eigenvalue weighted by Crippen LogP contribution is -2.43. The van der Waals surface area contributed by atoms with Gasteiger partial charge in [-0.2, -0.15) is 0 Å². The van der Waals surface area contributed by atoms with Gasteiger partial charge in [-0.3, -0.25) is 4.79 Å². The molecule has 2 rings (SSSR count). The van der Waals surface area contributed by atoms with Crippen molar-refractivity contribution >= 4 is 11.5 Å². The minimum Gasteiger partial charge on any atom is -0.372 e. The maximum absolute atomic E-state index is 11.6. The Bertz CT molecular complexity index is 433. The number of carbonyl (C=O) groups excluding carboxylic acids is 1. The number of rotatable bonds is 5. The van der Waals surface area contributed by atoms with Gasteiger partial charge in [0.15, 0.2) is 5.78 Å². The molecule has 0 amide bonds. The number of hydrogen-bond donors (Lipinski definition) is 0. The zero-order valence-electron chi connectivity index (χ0n) is 12.9. The highest BCUT2D eigenvalue weighted by Gasteiger charge is 2.21. The minimum absolute atomic E-state index is 0.218. The molecule has 0 spiro atoms. The number of hydrogen-bond acceptors (Lipinski definition) is 3. The van der Waals surface area contributed by atoms with E-state index >= 15 is 0 Å². The molecule has 1 aliphatic rings. The van der Waals surface area contributed by atoms with Crippen molar-refractivity contribution in [3.8, 4) is 0 Å². The van der Waals surface area contributed by atoms with Crippen LogP contribution in [0.2, 0.25) is 0 Å².